The second-order valence-electron chi connectivity index (χ2n) is 3.63. The maximum absolute atomic E-state index is 9.75. The first-order valence-electron chi connectivity index (χ1n) is 5.36. The van der Waals surface area contributed by atoms with Crippen LogP contribution >= 0.6 is 0 Å². The molecule has 0 saturated carbocycles. The van der Waals surface area contributed by atoms with Crippen LogP contribution in [-0.2, 0) is 0 Å². The molecule has 0 amide bonds. The van der Waals surface area contributed by atoms with E-state index in [0.717, 1.165) is 17.2 Å². The first kappa shape index (κ1) is 10.8. The third kappa shape index (κ3) is 2.09. The summed E-state index contributed by atoms with van der Waals surface area (Å²) in [5, 5.41) is 11.7. The molecule has 0 spiro atoms. The molecule has 3 nitrogen and oxygen atoms in total. The van der Waals surface area contributed by atoms with Gasteiger partial charge in [0.1, 0.15) is 0 Å². The van der Waals surface area contributed by atoms with Crippen molar-refractivity contribution in [1.29, 1.82) is 0 Å². The average molecular weight is 217 g/mol. The van der Waals surface area contributed by atoms with E-state index in [4.69, 9.17) is 10.5 Å². The zero-order chi connectivity index (χ0) is 11.4. The van der Waals surface area contributed by atoms with E-state index in [1.165, 1.54) is 0 Å². The molecule has 3 N–H and O–H groups in total. The number of nitrogens with two attached hydrogens (primary N) is 1. The fourth-order valence-corrected chi connectivity index (χ4v) is 1.64. The van der Waals surface area contributed by atoms with Gasteiger partial charge in [-0.1, -0.05) is 30.3 Å². The van der Waals surface area contributed by atoms with Crippen LogP contribution in [0.2, 0.25) is 0 Å². The molecule has 0 unspecified atom stereocenters. The van der Waals surface area contributed by atoms with Gasteiger partial charge < -0.3 is 15.6 Å². The summed E-state index contributed by atoms with van der Waals surface area (Å²) in [6.45, 7) is 1.11. The van der Waals surface area contributed by atoms with Gasteiger partial charge in [-0.3, -0.25) is 0 Å². The van der Waals surface area contributed by atoms with Crippen LogP contribution in [-0.4, -0.2) is 18.3 Å². The quantitative estimate of drug-likeness (QED) is 0.772. The number of phenolic OH excluding ortho intramolecular Hbond substituents is 1. The SMILES string of the molecule is NCCCOc1c(O)ccc2ccccc12. The minimum absolute atomic E-state index is 0.177. The van der Waals surface area contributed by atoms with Crippen molar-refractivity contribution in [3.05, 3.63) is 36.4 Å². The predicted molar refractivity (Wildman–Crippen MR) is 64.8 cm³/mol. The average Bonchev–Trinajstić information content (AvgIpc) is 2.32. The lowest BCUT2D eigenvalue weighted by atomic mass is 10.1. The molecule has 16 heavy (non-hydrogen) atoms. The third-order valence-electron chi connectivity index (χ3n) is 2.45. The minimum Gasteiger partial charge on any atom is -0.504 e. The van der Waals surface area contributed by atoms with Crippen LogP contribution in [0.3, 0.4) is 0 Å². The van der Waals surface area contributed by atoms with Gasteiger partial charge in [-0.05, 0) is 24.4 Å². The summed E-state index contributed by atoms with van der Waals surface area (Å²) in [6, 6.07) is 11.3. The van der Waals surface area contributed by atoms with Crippen LogP contribution in [0.5, 0.6) is 11.5 Å². The monoisotopic (exact) mass is 217 g/mol. The zero-order valence-corrected chi connectivity index (χ0v) is 9.02. The van der Waals surface area contributed by atoms with Gasteiger partial charge in [0, 0.05) is 5.39 Å². The molecule has 0 atom stereocenters. The standard InChI is InChI=1S/C13H15NO2/c14-8-3-9-16-13-11-5-2-1-4-10(11)6-7-12(13)15/h1-2,4-7,15H,3,8-9,14H2. The van der Waals surface area contributed by atoms with E-state index in [-0.39, 0.29) is 5.75 Å². The molecule has 0 aromatic heterocycles. The predicted octanol–water partition coefficient (Wildman–Crippen LogP) is 2.27. The Morgan fingerprint density at radius 1 is 1.12 bits per heavy atom. The molecule has 0 aliphatic heterocycles. The molecule has 84 valence electrons. The van der Waals surface area contributed by atoms with Crippen molar-refractivity contribution in [2.24, 2.45) is 5.73 Å². The van der Waals surface area contributed by atoms with Crippen LogP contribution in [0.1, 0.15) is 6.42 Å². The van der Waals surface area contributed by atoms with Gasteiger partial charge in [0.2, 0.25) is 0 Å². The van der Waals surface area contributed by atoms with Crippen molar-refractivity contribution in [3.63, 3.8) is 0 Å². The Bertz CT molecular complexity index is 482. The maximum Gasteiger partial charge on any atom is 0.168 e. The lowest BCUT2D eigenvalue weighted by Crippen LogP contribution is -2.06. The van der Waals surface area contributed by atoms with Crippen LogP contribution in [0.15, 0.2) is 36.4 Å². The zero-order valence-electron chi connectivity index (χ0n) is 9.02. The van der Waals surface area contributed by atoms with Gasteiger partial charge in [0.05, 0.1) is 6.61 Å². The number of aromatic hydroxyl groups is 1. The Balaban J connectivity index is 2.37. The Hall–Kier alpha value is -1.74. The Morgan fingerprint density at radius 3 is 2.75 bits per heavy atom. The molecule has 0 aliphatic rings. The van der Waals surface area contributed by atoms with Crippen LogP contribution in [0.25, 0.3) is 10.8 Å². The second kappa shape index (κ2) is 4.86. The maximum atomic E-state index is 9.75. The number of fused-ring (bicyclic) bond motifs is 1. The van der Waals surface area contributed by atoms with Crippen molar-refractivity contribution in [3.8, 4) is 11.5 Å². The highest BCUT2D eigenvalue weighted by atomic mass is 16.5. The molecular weight excluding hydrogens is 202 g/mol. The highest BCUT2D eigenvalue weighted by Gasteiger charge is 2.07. The van der Waals surface area contributed by atoms with Crippen molar-refractivity contribution < 1.29 is 9.84 Å². The molecule has 0 radical (unpaired) electrons. The number of ether oxygens (including phenoxy) is 1. The molecule has 2 rings (SSSR count). The number of rotatable bonds is 4. The fraction of sp³-hybridized carbons (Fsp3) is 0.231. The van der Waals surface area contributed by atoms with E-state index in [1.54, 1.807) is 6.07 Å². The fourth-order valence-electron chi connectivity index (χ4n) is 1.64. The van der Waals surface area contributed by atoms with E-state index >= 15 is 0 Å². The number of hydrogen-bond acceptors (Lipinski definition) is 3. The Morgan fingerprint density at radius 2 is 1.94 bits per heavy atom. The van der Waals surface area contributed by atoms with E-state index in [0.29, 0.717) is 18.9 Å². The second-order valence-corrected chi connectivity index (χ2v) is 3.63. The highest BCUT2D eigenvalue weighted by Crippen LogP contribution is 2.34. The number of benzene rings is 2. The molecule has 0 bridgehead atoms. The van der Waals surface area contributed by atoms with Crippen molar-refractivity contribution in [2.45, 2.75) is 6.42 Å². The largest absolute Gasteiger partial charge is 0.504 e. The van der Waals surface area contributed by atoms with Crippen molar-refractivity contribution >= 4 is 10.8 Å². The van der Waals surface area contributed by atoms with Gasteiger partial charge in [-0.2, -0.15) is 0 Å². The summed E-state index contributed by atoms with van der Waals surface area (Å²) in [5.41, 5.74) is 5.40. The summed E-state index contributed by atoms with van der Waals surface area (Å²) in [4.78, 5) is 0. The molecule has 0 aliphatic carbocycles. The van der Waals surface area contributed by atoms with Gasteiger partial charge in [-0.15, -0.1) is 0 Å². The summed E-state index contributed by atoms with van der Waals surface area (Å²) in [7, 11) is 0. The van der Waals surface area contributed by atoms with Crippen LogP contribution < -0.4 is 10.5 Å². The Kier molecular flexibility index (Phi) is 3.27. The molecule has 0 heterocycles. The van der Waals surface area contributed by atoms with E-state index < -0.39 is 0 Å². The lowest BCUT2D eigenvalue weighted by molar-refractivity contribution is 0.300. The van der Waals surface area contributed by atoms with E-state index in [9.17, 15) is 5.11 Å². The van der Waals surface area contributed by atoms with Gasteiger partial charge in [0.25, 0.3) is 0 Å². The molecule has 3 heteroatoms. The third-order valence-corrected chi connectivity index (χ3v) is 2.45. The summed E-state index contributed by atoms with van der Waals surface area (Å²) < 4.78 is 5.56. The molecule has 2 aromatic carbocycles. The van der Waals surface area contributed by atoms with E-state index in [1.807, 2.05) is 30.3 Å². The normalized spacial score (nSPS) is 10.6. The smallest absolute Gasteiger partial charge is 0.168 e. The van der Waals surface area contributed by atoms with Crippen molar-refractivity contribution in [1.82, 2.24) is 0 Å². The molecular formula is C13H15NO2. The minimum atomic E-state index is 0.177. The molecule has 0 saturated heterocycles. The van der Waals surface area contributed by atoms with Gasteiger partial charge in [0.15, 0.2) is 11.5 Å². The van der Waals surface area contributed by atoms with Gasteiger partial charge in [-0.25, -0.2) is 0 Å². The number of phenols is 1. The summed E-state index contributed by atoms with van der Waals surface area (Å²) >= 11 is 0. The summed E-state index contributed by atoms with van der Waals surface area (Å²) in [6.07, 6.45) is 0.780. The molecule has 2 aromatic rings. The van der Waals surface area contributed by atoms with Crippen molar-refractivity contribution in [2.75, 3.05) is 13.2 Å². The van der Waals surface area contributed by atoms with Crippen LogP contribution in [0.4, 0.5) is 0 Å². The first-order valence-corrected chi connectivity index (χ1v) is 5.36. The summed E-state index contributed by atoms with van der Waals surface area (Å²) in [5.74, 6) is 0.724. The Labute approximate surface area is 94.5 Å². The highest BCUT2D eigenvalue weighted by molar-refractivity contribution is 5.90. The van der Waals surface area contributed by atoms with E-state index in [2.05, 4.69) is 0 Å². The topological polar surface area (TPSA) is 55.5 Å². The van der Waals surface area contributed by atoms with Crippen LogP contribution in [0, 0.1) is 0 Å². The number of hydrogen-bond donors (Lipinski definition) is 2. The lowest BCUT2D eigenvalue weighted by Gasteiger charge is -2.10. The molecule has 0 fully saturated rings. The van der Waals surface area contributed by atoms with Gasteiger partial charge >= 0.3 is 0 Å². The first-order chi connectivity index (χ1) is 7.83.